The predicted molar refractivity (Wildman–Crippen MR) is 131 cm³/mol. The van der Waals surface area contributed by atoms with Crippen molar-refractivity contribution in [1.82, 2.24) is 4.90 Å². The highest BCUT2D eigenvalue weighted by Gasteiger charge is 2.42. The fourth-order valence-electron chi connectivity index (χ4n) is 4.48. The number of hydrogen-bond acceptors (Lipinski definition) is 3. The molecule has 3 aromatic carbocycles. The van der Waals surface area contributed by atoms with Gasteiger partial charge in [-0.15, -0.1) is 0 Å². The Morgan fingerprint density at radius 3 is 2.27 bits per heavy atom. The molecular weight excluding hydrogens is 434 g/mol. The van der Waals surface area contributed by atoms with Gasteiger partial charge in [0.05, 0.1) is 17.0 Å². The normalized spacial score (nSPS) is 15.3. The third-order valence-electron chi connectivity index (χ3n) is 6.42. The van der Waals surface area contributed by atoms with Gasteiger partial charge in [-0.1, -0.05) is 72.6 Å². The predicted octanol–water partition coefficient (Wildman–Crippen LogP) is 6.37. The van der Waals surface area contributed by atoms with Gasteiger partial charge in [0, 0.05) is 11.6 Å². The van der Waals surface area contributed by atoms with Crippen LogP contribution in [-0.4, -0.2) is 10.8 Å². The highest BCUT2D eigenvalue weighted by Crippen LogP contribution is 2.39. The molecule has 1 aliphatic rings. The molecule has 1 unspecified atom stereocenters. The topological polar surface area (TPSA) is 50.5 Å². The van der Waals surface area contributed by atoms with Gasteiger partial charge in [-0.3, -0.25) is 9.59 Å². The molecule has 166 valence electrons. The smallest absolute Gasteiger partial charge is 0.291 e. The summed E-state index contributed by atoms with van der Waals surface area (Å²) in [6.07, 6.45) is 0.915. The van der Waals surface area contributed by atoms with Crippen LogP contribution < -0.4 is 5.43 Å². The third kappa shape index (κ3) is 3.65. The molecule has 0 radical (unpaired) electrons. The maximum atomic E-state index is 13.7. The summed E-state index contributed by atoms with van der Waals surface area (Å²) in [5.41, 5.74) is 5.57. The van der Waals surface area contributed by atoms with E-state index in [9.17, 15) is 9.59 Å². The van der Waals surface area contributed by atoms with Gasteiger partial charge in [-0.25, -0.2) is 0 Å². The van der Waals surface area contributed by atoms with E-state index >= 15 is 0 Å². The number of aryl methyl sites for hydroxylation is 3. The van der Waals surface area contributed by atoms with Gasteiger partial charge in [0.2, 0.25) is 5.76 Å². The van der Waals surface area contributed by atoms with Crippen LogP contribution in [0.25, 0.3) is 11.0 Å². The fourth-order valence-corrected chi connectivity index (χ4v) is 4.64. The van der Waals surface area contributed by atoms with Gasteiger partial charge < -0.3 is 9.32 Å². The van der Waals surface area contributed by atoms with Crippen molar-refractivity contribution in [2.24, 2.45) is 0 Å². The molecule has 5 heteroatoms. The summed E-state index contributed by atoms with van der Waals surface area (Å²) in [5, 5.41) is 0.893. The van der Waals surface area contributed by atoms with E-state index in [1.807, 2.05) is 62.4 Å². The maximum absolute atomic E-state index is 13.7. The fraction of sp³-hybridized carbons (Fsp3) is 0.214. The van der Waals surface area contributed by atoms with Crippen LogP contribution >= 0.6 is 11.6 Å². The first-order valence-electron chi connectivity index (χ1n) is 11.1. The molecule has 1 amide bonds. The van der Waals surface area contributed by atoms with Crippen molar-refractivity contribution in [2.45, 2.75) is 39.8 Å². The lowest BCUT2D eigenvalue weighted by atomic mass is 9.96. The molecule has 1 atom stereocenters. The Morgan fingerprint density at radius 2 is 1.61 bits per heavy atom. The molecule has 1 aromatic heterocycles. The summed E-state index contributed by atoms with van der Waals surface area (Å²) in [4.78, 5) is 29.0. The summed E-state index contributed by atoms with van der Waals surface area (Å²) in [6.45, 7) is 6.34. The molecule has 0 N–H and O–H groups in total. The van der Waals surface area contributed by atoms with Crippen LogP contribution in [0.5, 0.6) is 0 Å². The lowest BCUT2D eigenvalue weighted by Gasteiger charge is -2.25. The average molecular weight is 458 g/mol. The van der Waals surface area contributed by atoms with Crippen LogP contribution in [-0.2, 0) is 13.0 Å². The first-order valence-corrected chi connectivity index (χ1v) is 11.5. The lowest BCUT2D eigenvalue weighted by molar-refractivity contribution is 0.0714. The Bertz CT molecular complexity index is 1440. The van der Waals surface area contributed by atoms with E-state index in [-0.39, 0.29) is 17.1 Å². The molecule has 2 heterocycles. The third-order valence-corrected chi connectivity index (χ3v) is 6.83. The highest BCUT2D eigenvalue weighted by molar-refractivity contribution is 6.32. The number of nitrogens with zero attached hydrogens (tertiary/aromatic N) is 1. The minimum Gasteiger partial charge on any atom is -0.450 e. The van der Waals surface area contributed by atoms with Crippen LogP contribution in [0.1, 0.15) is 56.9 Å². The summed E-state index contributed by atoms with van der Waals surface area (Å²) in [5.74, 6) is -0.160. The molecule has 1 aliphatic heterocycles. The van der Waals surface area contributed by atoms with Crippen molar-refractivity contribution < 1.29 is 9.21 Å². The van der Waals surface area contributed by atoms with Crippen LogP contribution in [0.2, 0.25) is 5.02 Å². The number of benzene rings is 3. The molecule has 0 spiro atoms. The summed E-state index contributed by atoms with van der Waals surface area (Å²) in [7, 11) is 0. The molecule has 0 bridgehead atoms. The Morgan fingerprint density at radius 1 is 0.939 bits per heavy atom. The Labute approximate surface area is 197 Å². The van der Waals surface area contributed by atoms with E-state index < -0.39 is 6.04 Å². The largest absolute Gasteiger partial charge is 0.450 e. The van der Waals surface area contributed by atoms with Crippen molar-refractivity contribution in [1.29, 1.82) is 0 Å². The van der Waals surface area contributed by atoms with Crippen molar-refractivity contribution >= 4 is 28.5 Å². The van der Waals surface area contributed by atoms with E-state index in [4.69, 9.17) is 16.0 Å². The van der Waals surface area contributed by atoms with Crippen molar-refractivity contribution in [3.63, 3.8) is 0 Å². The van der Waals surface area contributed by atoms with Gasteiger partial charge in [0.15, 0.2) is 5.43 Å². The molecule has 0 saturated carbocycles. The monoisotopic (exact) mass is 457 g/mol. The van der Waals surface area contributed by atoms with Crippen molar-refractivity contribution in [3.05, 3.63) is 115 Å². The molecule has 5 rings (SSSR count). The number of fused-ring (bicyclic) bond motifs is 2. The number of carbonyl (C=O) groups excluding carboxylic acids is 1. The van der Waals surface area contributed by atoms with E-state index in [1.54, 1.807) is 17.0 Å². The Kier molecular flexibility index (Phi) is 5.34. The van der Waals surface area contributed by atoms with E-state index in [0.29, 0.717) is 28.1 Å². The van der Waals surface area contributed by atoms with Crippen molar-refractivity contribution in [3.8, 4) is 0 Å². The summed E-state index contributed by atoms with van der Waals surface area (Å²) >= 11 is 6.32. The Balaban J connectivity index is 1.71. The van der Waals surface area contributed by atoms with E-state index in [0.717, 1.165) is 28.7 Å². The standard InChI is InChI=1S/C28H24ClNO3/c1-4-18-9-11-20(12-10-18)25-24-26(31)21-14-22(29)17(3)13-23(21)33-27(24)28(32)30(25)15-19-7-5-16(2)6-8-19/h5-14,25H,4,15H2,1-3H3. The first kappa shape index (κ1) is 21.5. The van der Waals surface area contributed by atoms with Gasteiger partial charge in [-0.05, 0) is 54.7 Å². The van der Waals surface area contributed by atoms with E-state index in [1.165, 1.54) is 5.56 Å². The zero-order valence-electron chi connectivity index (χ0n) is 18.8. The molecule has 4 nitrogen and oxygen atoms in total. The molecule has 0 saturated heterocycles. The van der Waals surface area contributed by atoms with Gasteiger partial charge in [0.1, 0.15) is 5.58 Å². The number of carbonyl (C=O) groups is 1. The Hall–Kier alpha value is -3.37. The van der Waals surface area contributed by atoms with Crippen molar-refractivity contribution in [2.75, 3.05) is 0 Å². The molecular formula is C28H24ClNO3. The lowest BCUT2D eigenvalue weighted by Crippen LogP contribution is -2.29. The van der Waals surface area contributed by atoms with Crippen LogP contribution in [0.4, 0.5) is 0 Å². The number of hydrogen-bond donors (Lipinski definition) is 0. The zero-order chi connectivity index (χ0) is 23.3. The number of halogens is 1. The van der Waals surface area contributed by atoms with Crippen LogP contribution in [0.15, 0.2) is 69.9 Å². The first-order chi connectivity index (χ1) is 15.9. The van der Waals surface area contributed by atoms with E-state index in [2.05, 4.69) is 6.92 Å². The minimum atomic E-state index is -0.527. The van der Waals surface area contributed by atoms with Gasteiger partial charge in [-0.2, -0.15) is 0 Å². The van der Waals surface area contributed by atoms with Gasteiger partial charge >= 0.3 is 0 Å². The molecule has 4 aromatic rings. The second kappa shape index (κ2) is 8.20. The van der Waals surface area contributed by atoms with Crippen LogP contribution in [0, 0.1) is 13.8 Å². The number of rotatable bonds is 4. The second-order valence-electron chi connectivity index (χ2n) is 8.69. The maximum Gasteiger partial charge on any atom is 0.291 e. The molecule has 0 fully saturated rings. The van der Waals surface area contributed by atoms with Gasteiger partial charge in [0.25, 0.3) is 5.91 Å². The molecule has 0 aliphatic carbocycles. The second-order valence-corrected chi connectivity index (χ2v) is 9.10. The van der Waals surface area contributed by atoms with Crippen LogP contribution in [0.3, 0.4) is 0 Å². The summed E-state index contributed by atoms with van der Waals surface area (Å²) in [6, 6.07) is 19.0. The minimum absolute atomic E-state index is 0.117. The summed E-state index contributed by atoms with van der Waals surface area (Å²) < 4.78 is 6.07. The zero-order valence-corrected chi connectivity index (χ0v) is 19.6. The SMILES string of the molecule is CCc1ccc(C2c3c(oc4cc(C)c(Cl)cc4c3=O)C(=O)N2Cc2ccc(C)cc2)cc1. The molecule has 33 heavy (non-hydrogen) atoms. The number of amides is 1. The highest BCUT2D eigenvalue weighted by atomic mass is 35.5. The quantitative estimate of drug-likeness (QED) is 0.357. The average Bonchev–Trinajstić information content (AvgIpc) is 3.08.